The molecule has 5 aromatic rings. The lowest BCUT2D eigenvalue weighted by molar-refractivity contribution is -0.124. The maximum atomic E-state index is 13.9. The number of hydrogen-bond donors (Lipinski definition) is 3. The predicted molar refractivity (Wildman–Crippen MR) is 183 cm³/mol. The van der Waals surface area contributed by atoms with E-state index in [1.807, 2.05) is 72.8 Å². The zero-order valence-corrected chi connectivity index (χ0v) is 26.3. The summed E-state index contributed by atoms with van der Waals surface area (Å²) in [5.74, 6) is -1.01. The Bertz CT molecular complexity index is 1820. The smallest absolute Gasteiger partial charge is 0.407 e. The highest BCUT2D eigenvalue weighted by molar-refractivity contribution is 5.89. The molecular weight excluding hydrogens is 604 g/mol. The molecule has 242 valence electrons. The molecule has 0 aliphatic heterocycles. The first-order chi connectivity index (χ1) is 23.4. The first-order valence-electron chi connectivity index (χ1n) is 15.9. The van der Waals surface area contributed by atoms with Crippen molar-refractivity contribution in [3.8, 4) is 16.9 Å². The Morgan fingerprint density at radius 2 is 1.19 bits per heavy atom. The highest BCUT2D eigenvalue weighted by Crippen LogP contribution is 2.44. The molecule has 0 fully saturated rings. The number of amides is 2. The van der Waals surface area contributed by atoms with Gasteiger partial charge in [-0.3, -0.25) is 4.79 Å². The fourth-order valence-corrected chi connectivity index (χ4v) is 6.05. The summed E-state index contributed by atoms with van der Waals surface area (Å²) in [6, 6.07) is 39.2. The third-order valence-electron chi connectivity index (χ3n) is 8.42. The molecular formula is C40H36N2O6. The van der Waals surface area contributed by atoms with Crippen molar-refractivity contribution in [2.45, 2.75) is 30.8 Å². The number of alkyl carbamates (subject to hydrolysis) is 1. The Kier molecular flexibility index (Phi) is 10.1. The number of esters is 1. The van der Waals surface area contributed by atoms with Gasteiger partial charge in [-0.2, -0.15) is 0 Å². The average molecular weight is 641 g/mol. The van der Waals surface area contributed by atoms with Crippen molar-refractivity contribution in [1.82, 2.24) is 10.6 Å². The van der Waals surface area contributed by atoms with E-state index in [9.17, 15) is 19.5 Å². The molecule has 0 spiro atoms. The second kappa shape index (κ2) is 15.1. The van der Waals surface area contributed by atoms with Crippen LogP contribution in [0.15, 0.2) is 133 Å². The van der Waals surface area contributed by atoms with Crippen molar-refractivity contribution in [3.05, 3.63) is 161 Å². The number of hydrogen-bond acceptors (Lipinski definition) is 6. The molecule has 1 aliphatic rings. The van der Waals surface area contributed by atoms with Crippen LogP contribution in [0.2, 0.25) is 0 Å². The monoisotopic (exact) mass is 640 g/mol. The van der Waals surface area contributed by atoms with Crippen molar-refractivity contribution in [2.75, 3.05) is 13.2 Å². The molecule has 0 saturated heterocycles. The molecule has 0 saturated carbocycles. The van der Waals surface area contributed by atoms with Gasteiger partial charge in [0.25, 0.3) is 0 Å². The Morgan fingerprint density at radius 3 is 1.83 bits per heavy atom. The Balaban J connectivity index is 1.16. The number of carbonyl (C=O) groups is 3. The lowest BCUT2D eigenvalue weighted by Gasteiger charge is -2.24. The van der Waals surface area contributed by atoms with E-state index in [4.69, 9.17) is 9.47 Å². The second-order valence-electron chi connectivity index (χ2n) is 11.8. The lowest BCUT2D eigenvalue weighted by atomic mass is 9.98. The van der Waals surface area contributed by atoms with Gasteiger partial charge < -0.3 is 25.2 Å². The van der Waals surface area contributed by atoms with Gasteiger partial charge in [0.05, 0.1) is 11.6 Å². The van der Waals surface area contributed by atoms with Crippen molar-refractivity contribution >= 4 is 18.0 Å². The molecule has 2 amide bonds. The van der Waals surface area contributed by atoms with Crippen molar-refractivity contribution < 1.29 is 29.0 Å². The average Bonchev–Trinajstić information content (AvgIpc) is 3.44. The highest BCUT2D eigenvalue weighted by atomic mass is 16.5. The summed E-state index contributed by atoms with van der Waals surface area (Å²) in [7, 11) is 0. The molecule has 6 rings (SSSR count). The maximum absolute atomic E-state index is 13.9. The van der Waals surface area contributed by atoms with Gasteiger partial charge in [0.1, 0.15) is 25.0 Å². The quantitative estimate of drug-likeness (QED) is 0.136. The van der Waals surface area contributed by atoms with Crippen molar-refractivity contribution in [3.63, 3.8) is 0 Å². The molecule has 2 atom stereocenters. The van der Waals surface area contributed by atoms with Gasteiger partial charge in [0.2, 0.25) is 5.91 Å². The van der Waals surface area contributed by atoms with E-state index in [1.165, 1.54) is 12.1 Å². The number of carbonyl (C=O) groups excluding carboxylic acids is 3. The minimum atomic E-state index is -1.02. The molecule has 3 N–H and O–H groups in total. The molecule has 48 heavy (non-hydrogen) atoms. The number of rotatable bonds is 12. The van der Waals surface area contributed by atoms with Crippen LogP contribution in [0.25, 0.3) is 11.1 Å². The molecule has 5 aromatic carbocycles. The summed E-state index contributed by atoms with van der Waals surface area (Å²) in [5, 5.41) is 15.6. The highest BCUT2D eigenvalue weighted by Gasteiger charge is 2.30. The summed E-state index contributed by atoms with van der Waals surface area (Å²) in [5.41, 5.74) is 6.47. The Labute approximate surface area is 279 Å². The van der Waals surface area contributed by atoms with E-state index in [0.717, 1.165) is 33.4 Å². The van der Waals surface area contributed by atoms with Crippen LogP contribution in [0.3, 0.4) is 0 Å². The second-order valence-corrected chi connectivity index (χ2v) is 11.8. The van der Waals surface area contributed by atoms with Crippen LogP contribution in [-0.4, -0.2) is 48.4 Å². The topological polar surface area (TPSA) is 114 Å². The van der Waals surface area contributed by atoms with Gasteiger partial charge in [0, 0.05) is 12.3 Å². The number of aromatic hydroxyl groups is 1. The summed E-state index contributed by atoms with van der Waals surface area (Å²) >= 11 is 0. The fraction of sp³-hybridized carbons (Fsp3) is 0.175. The zero-order valence-electron chi connectivity index (χ0n) is 26.3. The van der Waals surface area contributed by atoms with E-state index >= 15 is 0 Å². The number of ether oxygens (including phenoxy) is 2. The summed E-state index contributed by atoms with van der Waals surface area (Å²) in [4.78, 5) is 39.9. The summed E-state index contributed by atoms with van der Waals surface area (Å²) in [6.45, 7) is 0.0186. The number of phenols is 1. The van der Waals surface area contributed by atoms with Crippen LogP contribution in [0.1, 0.15) is 38.5 Å². The molecule has 1 aliphatic carbocycles. The van der Waals surface area contributed by atoms with E-state index in [1.54, 1.807) is 36.4 Å². The number of fused-ring (bicyclic) bond motifs is 3. The first-order valence-corrected chi connectivity index (χ1v) is 15.9. The third kappa shape index (κ3) is 7.90. The standard InChI is InChI=1S/C40H36N2O6/c43-31-21-19-28(20-22-31)24-37(42-40(46)48-26-36-34-17-9-7-15-32(34)33-16-8-10-18-35(33)36)38(44)41-30(23-27-11-3-1-4-12-27)25-47-39(45)29-13-5-2-6-14-29/h1-22,30,36-37,43H,23-26H2,(H,41,44)(H,42,46)/t30-,37-/m0/s1. The van der Waals surface area contributed by atoms with Crippen LogP contribution in [0.4, 0.5) is 4.79 Å². The Hall–Kier alpha value is -5.89. The first kappa shape index (κ1) is 32.1. The summed E-state index contributed by atoms with van der Waals surface area (Å²) in [6.07, 6.45) is -0.199. The minimum Gasteiger partial charge on any atom is -0.508 e. The van der Waals surface area contributed by atoms with Crippen molar-refractivity contribution in [1.29, 1.82) is 0 Å². The van der Waals surface area contributed by atoms with Crippen LogP contribution < -0.4 is 10.6 Å². The van der Waals surface area contributed by atoms with E-state index in [0.29, 0.717) is 12.0 Å². The third-order valence-corrected chi connectivity index (χ3v) is 8.42. The van der Waals surface area contributed by atoms with E-state index in [2.05, 4.69) is 22.8 Å². The van der Waals surface area contributed by atoms with Gasteiger partial charge in [0.15, 0.2) is 0 Å². The molecule has 0 bridgehead atoms. The number of benzene rings is 5. The molecule has 0 aromatic heterocycles. The fourth-order valence-electron chi connectivity index (χ4n) is 6.05. The van der Waals surface area contributed by atoms with E-state index < -0.39 is 30.1 Å². The molecule has 0 radical (unpaired) electrons. The molecule has 0 heterocycles. The van der Waals surface area contributed by atoms with Crippen LogP contribution >= 0.6 is 0 Å². The van der Waals surface area contributed by atoms with Gasteiger partial charge in [-0.25, -0.2) is 9.59 Å². The largest absolute Gasteiger partial charge is 0.508 e. The number of phenolic OH excluding ortho intramolecular Hbond substituents is 1. The van der Waals surface area contributed by atoms with Crippen LogP contribution in [0, 0.1) is 0 Å². The van der Waals surface area contributed by atoms with Crippen molar-refractivity contribution in [2.24, 2.45) is 0 Å². The minimum absolute atomic E-state index is 0.0781. The van der Waals surface area contributed by atoms with E-state index in [-0.39, 0.29) is 31.3 Å². The maximum Gasteiger partial charge on any atom is 0.407 e. The lowest BCUT2D eigenvalue weighted by Crippen LogP contribution is -2.52. The molecule has 8 nitrogen and oxygen atoms in total. The molecule has 8 heteroatoms. The predicted octanol–water partition coefficient (Wildman–Crippen LogP) is 6.43. The van der Waals surface area contributed by atoms with Gasteiger partial charge in [-0.15, -0.1) is 0 Å². The van der Waals surface area contributed by atoms with Crippen LogP contribution in [-0.2, 0) is 27.1 Å². The summed E-state index contributed by atoms with van der Waals surface area (Å²) < 4.78 is 11.4. The van der Waals surface area contributed by atoms with Crippen LogP contribution in [0.5, 0.6) is 5.75 Å². The van der Waals surface area contributed by atoms with Gasteiger partial charge >= 0.3 is 12.1 Å². The normalized spacial score (nSPS) is 13.0. The van der Waals surface area contributed by atoms with Gasteiger partial charge in [-0.1, -0.05) is 109 Å². The molecule has 0 unspecified atom stereocenters. The zero-order chi connectivity index (χ0) is 33.3. The van der Waals surface area contributed by atoms with Gasteiger partial charge in [-0.05, 0) is 64.1 Å². The number of nitrogens with one attached hydrogen (secondary N) is 2. The Morgan fingerprint density at radius 1 is 0.625 bits per heavy atom. The SMILES string of the molecule is O=C(N[C@@H](Cc1ccc(O)cc1)C(=O)N[C@H](COC(=O)c1ccccc1)Cc1ccccc1)OCC1c2ccccc2-c2ccccc21.